The number of carbonyl (C=O) groups excluding carboxylic acids is 1. The number of furan rings is 1. The van der Waals surface area contributed by atoms with E-state index < -0.39 is 41.0 Å². The second kappa shape index (κ2) is 9.17. The molecule has 4 aromatic rings. The molecule has 0 radical (unpaired) electrons. The highest BCUT2D eigenvalue weighted by Gasteiger charge is 2.39. The maximum atomic E-state index is 13.6. The van der Waals surface area contributed by atoms with Crippen molar-refractivity contribution >= 4 is 11.6 Å². The number of anilines is 1. The lowest BCUT2D eigenvalue weighted by Gasteiger charge is -2.20. The number of carbonyl (C=O) groups is 1. The van der Waals surface area contributed by atoms with E-state index in [1.54, 1.807) is 18.2 Å². The van der Waals surface area contributed by atoms with E-state index in [0.29, 0.717) is 23.1 Å². The predicted molar refractivity (Wildman–Crippen MR) is 117 cm³/mol. The third-order valence-electron chi connectivity index (χ3n) is 5.50. The van der Waals surface area contributed by atoms with Crippen LogP contribution in [0.4, 0.5) is 32.0 Å². The molecule has 0 aliphatic heterocycles. The lowest BCUT2D eigenvalue weighted by Crippen LogP contribution is -2.18. The van der Waals surface area contributed by atoms with Gasteiger partial charge in [0.2, 0.25) is 0 Å². The molecule has 0 aliphatic rings. The zero-order chi connectivity index (χ0) is 26.3. The topological polar surface area (TPSA) is 73.0 Å². The van der Waals surface area contributed by atoms with E-state index >= 15 is 0 Å². The lowest BCUT2D eigenvalue weighted by molar-refractivity contribution is -0.143. The molecule has 1 aromatic carbocycles. The summed E-state index contributed by atoms with van der Waals surface area (Å²) in [6.07, 6.45) is -4.30. The lowest BCUT2D eigenvalue weighted by atomic mass is 9.98. The van der Waals surface area contributed by atoms with E-state index in [4.69, 9.17) is 4.42 Å². The standard InChI is InChI=1S/C24H18F6N4O2/c1-13-20(32-22(35)16-8-15(10-31-11-16)21-4-3-7-36-21)12-34(33-13)14(2)18-6-5-17(23(25,26)27)9-19(18)24(28,29)30/h3-12,14H,1-2H3,(H,32,35). The first-order valence-corrected chi connectivity index (χ1v) is 10.5. The smallest absolute Gasteiger partial charge is 0.416 e. The highest BCUT2D eigenvalue weighted by molar-refractivity contribution is 6.04. The van der Waals surface area contributed by atoms with Crippen LogP contribution in [-0.2, 0) is 12.4 Å². The average molecular weight is 508 g/mol. The molecule has 12 heteroatoms. The molecule has 3 aromatic heterocycles. The Morgan fingerprint density at radius 1 is 1.06 bits per heavy atom. The van der Waals surface area contributed by atoms with Gasteiger partial charge in [0, 0.05) is 24.2 Å². The molecule has 188 valence electrons. The molecule has 6 nitrogen and oxygen atoms in total. The van der Waals surface area contributed by atoms with E-state index in [1.807, 2.05) is 0 Å². The quantitative estimate of drug-likeness (QED) is 0.303. The van der Waals surface area contributed by atoms with E-state index in [2.05, 4.69) is 15.4 Å². The van der Waals surface area contributed by atoms with Crippen LogP contribution in [0.5, 0.6) is 0 Å². The van der Waals surface area contributed by atoms with Crippen LogP contribution in [0.25, 0.3) is 11.3 Å². The Labute approximate surface area is 200 Å². The van der Waals surface area contributed by atoms with Gasteiger partial charge in [0.05, 0.1) is 40.4 Å². The Bertz CT molecular complexity index is 1390. The van der Waals surface area contributed by atoms with Gasteiger partial charge < -0.3 is 9.73 Å². The van der Waals surface area contributed by atoms with Gasteiger partial charge in [-0.15, -0.1) is 0 Å². The van der Waals surface area contributed by atoms with Gasteiger partial charge in [-0.3, -0.25) is 14.5 Å². The number of nitrogens with one attached hydrogen (secondary N) is 1. The van der Waals surface area contributed by atoms with Gasteiger partial charge in [-0.1, -0.05) is 6.07 Å². The van der Waals surface area contributed by atoms with Crippen molar-refractivity contribution < 1.29 is 35.6 Å². The molecule has 3 heterocycles. The van der Waals surface area contributed by atoms with Crippen LogP contribution < -0.4 is 5.32 Å². The highest BCUT2D eigenvalue weighted by Crippen LogP contribution is 2.40. The number of halogens is 6. The molecule has 1 N–H and O–H groups in total. The minimum absolute atomic E-state index is 0.0872. The monoisotopic (exact) mass is 508 g/mol. The molecule has 0 saturated heterocycles. The van der Waals surface area contributed by atoms with Crippen molar-refractivity contribution in [2.75, 3.05) is 5.32 Å². The zero-order valence-corrected chi connectivity index (χ0v) is 18.8. The summed E-state index contributed by atoms with van der Waals surface area (Å²) in [7, 11) is 0. The van der Waals surface area contributed by atoms with Gasteiger partial charge in [-0.25, -0.2) is 0 Å². The molecule has 1 amide bonds. The summed E-state index contributed by atoms with van der Waals surface area (Å²) in [6.45, 7) is 2.90. The average Bonchev–Trinajstić information content (AvgIpc) is 3.48. The number of benzene rings is 1. The third-order valence-corrected chi connectivity index (χ3v) is 5.50. The Morgan fingerprint density at radius 3 is 2.44 bits per heavy atom. The number of amides is 1. The summed E-state index contributed by atoms with van der Waals surface area (Å²) >= 11 is 0. The largest absolute Gasteiger partial charge is 0.464 e. The minimum Gasteiger partial charge on any atom is -0.464 e. The van der Waals surface area contributed by atoms with Crippen LogP contribution in [0.2, 0.25) is 0 Å². The van der Waals surface area contributed by atoms with Crippen LogP contribution in [0.1, 0.15) is 45.7 Å². The summed E-state index contributed by atoms with van der Waals surface area (Å²) < 4.78 is 86.3. The van der Waals surface area contributed by atoms with Crippen molar-refractivity contribution in [2.24, 2.45) is 0 Å². The summed E-state index contributed by atoms with van der Waals surface area (Å²) in [5, 5.41) is 6.80. The second-order valence-electron chi connectivity index (χ2n) is 7.98. The van der Waals surface area contributed by atoms with Crippen molar-refractivity contribution in [2.45, 2.75) is 32.2 Å². The van der Waals surface area contributed by atoms with Crippen LogP contribution in [0, 0.1) is 6.92 Å². The Morgan fingerprint density at radius 2 is 1.81 bits per heavy atom. The van der Waals surface area contributed by atoms with Gasteiger partial charge in [0.15, 0.2) is 0 Å². The van der Waals surface area contributed by atoms with E-state index in [9.17, 15) is 31.1 Å². The van der Waals surface area contributed by atoms with Crippen LogP contribution in [0.15, 0.2) is 65.7 Å². The fraction of sp³-hybridized carbons (Fsp3) is 0.208. The molecule has 0 aliphatic carbocycles. The maximum Gasteiger partial charge on any atom is 0.416 e. The molecule has 36 heavy (non-hydrogen) atoms. The van der Waals surface area contributed by atoms with E-state index in [-0.39, 0.29) is 17.3 Å². The van der Waals surface area contributed by atoms with Gasteiger partial charge in [0.1, 0.15) is 5.76 Å². The van der Waals surface area contributed by atoms with Crippen molar-refractivity contribution in [3.8, 4) is 11.3 Å². The number of pyridine rings is 1. The molecule has 0 spiro atoms. The van der Waals surface area contributed by atoms with Gasteiger partial charge in [0.25, 0.3) is 5.91 Å². The van der Waals surface area contributed by atoms with Crippen LogP contribution in [0.3, 0.4) is 0 Å². The number of hydrogen-bond donors (Lipinski definition) is 1. The van der Waals surface area contributed by atoms with Crippen LogP contribution >= 0.6 is 0 Å². The summed E-state index contributed by atoms with van der Waals surface area (Å²) in [6, 6.07) is 5.33. The molecule has 0 bridgehead atoms. The Balaban J connectivity index is 1.61. The van der Waals surface area contributed by atoms with Gasteiger partial charge >= 0.3 is 12.4 Å². The number of rotatable bonds is 5. The van der Waals surface area contributed by atoms with Crippen molar-refractivity contribution in [1.82, 2.24) is 14.8 Å². The molecular weight excluding hydrogens is 490 g/mol. The summed E-state index contributed by atoms with van der Waals surface area (Å²) in [5.41, 5.74) is -1.93. The van der Waals surface area contributed by atoms with Crippen LogP contribution in [-0.4, -0.2) is 20.7 Å². The fourth-order valence-electron chi connectivity index (χ4n) is 3.62. The normalized spacial score (nSPS) is 13.0. The molecular formula is C24H18F6N4O2. The van der Waals surface area contributed by atoms with Crippen molar-refractivity contribution in [3.05, 3.63) is 89.2 Å². The number of aryl methyl sites for hydroxylation is 1. The minimum atomic E-state index is -5.02. The molecule has 1 unspecified atom stereocenters. The number of nitrogens with zero attached hydrogens (tertiary/aromatic N) is 3. The number of hydrogen-bond acceptors (Lipinski definition) is 4. The summed E-state index contributed by atoms with van der Waals surface area (Å²) in [4.78, 5) is 16.8. The van der Waals surface area contributed by atoms with Gasteiger partial charge in [-0.2, -0.15) is 31.4 Å². The molecule has 1 atom stereocenters. The maximum absolute atomic E-state index is 13.6. The molecule has 0 fully saturated rings. The Kier molecular flexibility index (Phi) is 6.37. The number of aromatic nitrogens is 3. The first-order chi connectivity index (χ1) is 16.8. The van der Waals surface area contributed by atoms with E-state index in [1.165, 1.54) is 38.7 Å². The fourth-order valence-corrected chi connectivity index (χ4v) is 3.62. The van der Waals surface area contributed by atoms with Crippen molar-refractivity contribution in [1.29, 1.82) is 0 Å². The zero-order valence-electron chi connectivity index (χ0n) is 18.8. The Hall–Kier alpha value is -4.09. The first-order valence-electron chi connectivity index (χ1n) is 10.5. The van der Waals surface area contributed by atoms with E-state index in [0.717, 1.165) is 10.7 Å². The van der Waals surface area contributed by atoms with Gasteiger partial charge in [-0.05, 0) is 49.7 Å². The number of alkyl halides is 6. The SMILES string of the molecule is Cc1nn(C(C)c2ccc(C(F)(F)F)cc2C(F)(F)F)cc1NC(=O)c1cncc(-c2ccco2)c1. The molecule has 0 saturated carbocycles. The first kappa shape index (κ1) is 25.0. The summed E-state index contributed by atoms with van der Waals surface area (Å²) in [5.74, 6) is -0.0382. The van der Waals surface area contributed by atoms with Crippen molar-refractivity contribution in [3.63, 3.8) is 0 Å². The molecule has 4 rings (SSSR count). The predicted octanol–water partition coefficient (Wildman–Crippen LogP) is 6.75. The third kappa shape index (κ3) is 5.11. The second-order valence-corrected chi connectivity index (χ2v) is 7.98. The highest BCUT2D eigenvalue weighted by atomic mass is 19.4.